The maximum absolute atomic E-state index is 12.4. The summed E-state index contributed by atoms with van der Waals surface area (Å²) in [6.45, 7) is 12.2. The third-order valence-electron chi connectivity index (χ3n) is 5.44. The Hall–Kier alpha value is -0.630. The second kappa shape index (κ2) is 4.48. The minimum Gasteiger partial charge on any atom is -0.392 e. The third kappa shape index (κ3) is 1.95. The van der Waals surface area contributed by atoms with Crippen molar-refractivity contribution in [3.05, 3.63) is 12.7 Å². The van der Waals surface area contributed by atoms with Crippen molar-refractivity contribution in [1.82, 2.24) is 0 Å². The highest BCUT2D eigenvalue weighted by atomic mass is 16.3. The van der Waals surface area contributed by atoms with Crippen molar-refractivity contribution in [3.8, 4) is 0 Å². The lowest BCUT2D eigenvalue weighted by Gasteiger charge is -2.32. The van der Waals surface area contributed by atoms with Crippen LogP contribution in [0.4, 0.5) is 0 Å². The number of fused-ring (bicyclic) bond motifs is 1. The number of hydrogen-bond acceptors (Lipinski definition) is 2. The highest BCUT2D eigenvalue weighted by Gasteiger charge is 2.66. The fourth-order valence-corrected chi connectivity index (χ4v) is 4.09. The number of aliphatic hydroxyl groups is 1. The maximum Gasteiger partial charge on any atom is 0.141 e. The van der Waals surface area contributed by atoms with E-state index in [4.69, 9.17) is 0 Å². The van der Waals surface area contributed by atoms with Gasteiger partial charge in [-0.1, -0.05) is 33.8 Å². The molecule has 0 radical (unpaired) electrons. The zero-order chi connectivity index (χ0) is 13.7. The summed E-state index contributed by atoms with van der Waals surface area (Å²) in [6, 6.07) is 0. The van der Waals surface area contributed by atoms with Gasteiger partial charge in [0.2, 0.25) is 0 Å². The third-order valence-corrected chi connectivity index (χ3v) is 5.44. The first-order valence-corrected chi connectivity index (χ1v) is 7.15. The van der Waals surface area contributed by atoms with Crippen LogP contribution in [0.3, 0.4) is 0 Å². The molecule has 2 rings (SSSR count). The highest BCUT2D eigenvalue weighted by Crippen LogP contribution is 2.67. The normalized spacial score (nSPS) is 40.8. The van der Waals surface area contributed by atoms with E-state index in [-0.39, 0.29) is 29.0 Å². The average molecular weight is 250 g/mol. The van der Waals surface area contributed by atoms with Gasteiger partial charge in [0.25, 0.3) is 0 Å². The molecule has 2 aliphatic carbocycles. The molecular weight excluding hydrogens is 224 g/mol. The van der Waals surface area contributed by atoms with Gasteiger partial charge in [-0.05, 0) is 36.0 Å². The Balaban J connectivity index is 2.19. The van der Waals surface area contributed by atoms with E-state index in [1.54, 1.807) is 0 Å². The first-order chi connectivity index (χ1) is 8.32. The van der Waals surface area contributed by atoms with Crippen LogP contribution < -0.4 is 0 Å². The van der Waals surface area contributed by atoms with Gasteiger partial charge in [0.1, 0.15) is 5.78 Å². The zero-order valence-corrected chi connectivity index (χ0v) is 12.0. The summed E-state index contributed by atoms with van der Waals surface area (Å²) in [5.41, 5.74) is 0.236. The van der Waals surface area contributed by atoms with E-state index in [1.807, 2.05) is 19.9 Å². The van der Waals surface area contributed by atoms with Crippen LogP contribution in [-0.2, 0) is 4.79 Å². The molecule has 2 saturated carbocycles. The molecule has 0 aromatic carbocycles. The number of rotatable bonds is 4. The first-order valence-electron chi connectivity index (χ1n) is 7.15. The Morgan fingerprint density at radius 2 is 2.17 bits per heavy atom. The summed E-state index contributed by atoms with van der Waals surface area (Å²) >= 11 is 0. The van der Waals surface area contributed by atoms with Crippen LogP contribution in [0.1, 0.15) is 40.5 Å². The summed E-state index contributed by atoms with van der Waals surface area (Å²) in [5.74, 6) is 1.39. The summed E-state index contributed by atoms with van der Waals surface area (Å²) in [7, 11) is 0. The predicted molar refractivity (Wildman–Crippen MR) is 73.0 cm³/mol. The van der Waals surface area contributed by atoms with Crippen LogP contribution in [0.2, 0.25) is 0 Å². The fraction of sp³-hybridized carbons (Fsp3) is 0.812. The van der Waals surface area contributed by atoms with Crippen LogP contribution in [-0.4, -0.2) is 17.0 Å². The number of Topliss-reactive ketones (excluding diaryl/α,β-unsaturated/α-hetero) is 1. The number of carbonyl (C=O) groups excluding carboxylic acids is 1. The molecule has 2 fully saturated rings. The van der Waals surface area contributed by atoms with E-state index >= 15 is 0 Å². The topological polar surface area (TPSA) is 37.3 Å². The quantitative estimate of drug-likeness (QED) is 0.779. The molecule has 102 valence electrons. The van der Waals surface area contributed by atoms with Crippen molar-refractivity contribution >= 4 is 5.78 Å². The SMILES string of the molecule is C=CC[C@@H](C)[C@@H](O)[C@@H]1C(=O)[C@H](C)C[C@@H]2[C@@H]1C2(C)C. The van der Waals surface area contributed by atoms with Crippen LogP contribution in [0, 0.1) is 35.0 Å². The van der Waals surface area contributed by atoms with Gasteiger partial charge in [0.05, 0.1) is 6.10 Å². The minimum atomic E-state index is -0.507. The Morgan fingerprint density at radius 1 is 1.56 bits per heavy atom. The van der Waals surface area contributed by atoms with Crippen LogP contribution >= 0.6 is 0 Å². The second-order valence-corrected chi connectivity index (χ2v) is 7.01. The Morgan fingerprint density at radius 3 is 2.72 bits per heavy atom. The highest BCUT2D eigenvalue weighted by molar-refractivity contribution is 5.86. The molecule has 0 aliphatic heterocycles. The monoisotopic (exact) mass is 250 g/mol. The van der Waals surface area contributed by atoms with Gasteiger partial charge in [0.15, 0.2) is 0 Å². The van der Waals surface area contributed by atoms with E-state index in [1.165, 1.54) is 0 Å². The molecule has 6 atom stereocenters. The molecule has 18 heavy (non-hydrogen) atoms. The summed E-state index contributed by atoms with van der Waals surface area (Å²) in [5, 5.41) is 10.5. The standard InChI is InChI=1S/C16H26O2/c1-6-7-9(2)14(17)12-13-11(16(13,4)5)8-10(3)15(12)18/h6,9-14,17H,1,7-8H2,2-5H3/t9-,10-,11-,12-,13+,14-/m1/s1. The molecule has 0 unspecified atom stereocenters. The van der Waals surface area contributed by atoms with Crippen molar-refractivity contribution in [2.75, 3.05) is 0 Å². The van der Waals surface area contributed by atoms with Crippen molar-refractivity contribution in [3.63, 3.8) is 0 Å². The molecule has 0 amide bonds. The van der Waals surface area contributed by atoms with Gasteiger partial charge < -0.3 is 5.11 Å². The van der Waals surface area contributed by atoms with Gasteiger partial charge in [0, 0.05) is 11.8 Å². The smallest absolute Gasteiger partial charge is 0.141 e. The van der Waals surface area contributed by atoms with Crippen molar-refractivity contribution in [2.45, 2.75) is 46.6 Å². The number of aliphatic hydroxyl groups excluding tert-OH is 1. The minimum absolute atomic E-state index is 0.114. The predicted octanol–water partition coefficient (Wildman–Crippen LogP) is 3.06. The van der Waals surface area contributed by atoms with E-state index in [0.29, 0.717) is 11.8 Å². The number of hydrogen-bond donors (Lipinski definition) is 1. The van der Waals surface area contributed by atoms with Crippen LogP contribution in [0.15, 0.2) is 12.7 Å². The molecule has 0 aromatic rings. The molecule has 0 aromatic heterocycles. The molecule has 2 nitrogen and oxygen atoms in total. The Kier molecular flexibility index (Phi) is 3.44. The van der Waals surface area contributed by atoms with Crippen molar-refractivity contribution < 1.29 is 9.90 Å². The average Bonchev–Trinajstić information content (AvgIpc) is 2.82. The molecule has 0 heterocycles. The lowest BCUT2D eigenvalue weighted by atomic mass is 9.74. The summed E-state index contributed by atoms with van der Waals surface area (Å²) in [4.78, 5) is 12.4. The first kappa shape index (κ1) is 13.8. The van der Waals surface area contributed by atoms with E-state index < -0.39 is 6.10 Å². The second-order valence-electron chi connectivity index (χ2n) is 7.01. The lowest BCUT2D eigenvalue weighted by Crippen LogP contribution is -2.40. The van der Waals surface area contributed by atoms with Crippen molar-refractivity contribution in [1.29, 1.82) is 0 Å². The van der Waals surface area contributed by atoms with Crippen LogP contribution in [0.25, 0.3) is 0 Å². The fourth-order valence-electron chi connectivity index (χ4n) is 4.09. The Labute approximate surface area is 110 Å². The van der Waals surface area contributed by atoms with Gasteiger partial charge in [-0.3, -0.25) is 4.79 Å². The number of allylic oxidation sites excluding steroid dienone is 1. The van der Waals surface area contributed by atoms with E-state index in [9.17, 15) is 9.90 Å². The molecule has 0 spiro atoms. The summed E-state index contributed by atoms with van der Waals surface area (Å²) in [6.07, 6.45) is 3.11. The van der Waals surface area contributed by atoms with Crippen molar-refractivity contribution in [2.24, 2.45) is 35.0 Å². The molecule has 1 N–H and O–H groups in total. The molecule has 0 bridgehead atoms. The van der Waals surface area contributed by atoms with E-state index in [0.717, 1.165) is 12.8 Å². The Bertz CT molecular complexity index is 358. The van der Waals surface area contributed by atoms with E-state index in [2.05, 4.69) is 20.4 Å². The largest absolute Gasteiger partial charge is 0.392 e. The van der Waals surface area contributed by atoms with Gasteiger partial charge in [-0.15, -0.1) is 6.58 Å². The number of ketones is 1. The van der Waals surface area contributed by atoms with Gasteiger partial charge in [-0.2, -0.15) is 0 Å². The maximum atomic E-state index is 12.4. The zero-order valence-electron chi connectivity index (χ0n) is 12.0. The molecule has 0 saturated heterocycles. The van der Waals surface area contributed by atoms with Crippen LogP contribution in [0.5, 0.6) is 0 Å². The molecular formula is C16H26O2. The molecule has 2 heteroatoms. The summed E-state index contributed by atoms with van der Waals surface area (Å²) < 4.78 is 0. The van der Waals surface area contributed by atoms with Gasteiger partial charge >= 0.3 is 0 Å². The lowest BCUT2D eigenvalue weighted by molar-refractivity contribution is -0.135. The number of carbonyl (C=O) groups is 1. The molecule has 2 aliphatic rings. The van der Waals surface area contributed by atoms with Gasteiger partial charge in [-0.25, -0.2) is 0 Å².